The van der Waals surface area contributed by atoms with Gasteiger partial charge in [-0.3, -0.25) is 0 Å². The van der Waals surface area contributed by atoms with Gasteiger partial charge in [-0.15, -0.1) is 6.42 Å². The van der Waals surface area contributed by atoms with E-state index < -0.39 is 0 Å². The second-order valence-electron chi connectivity index (χ2n) is 4.95. The van der Waals surface area contributed by atoms with Gasteiger partial charge in [0.25, 0.3) is 0 Å². The predicted molar refractivity (Wildman–Crippen MR) is 92.7 cm³/mol. The van der Waals surface area contributed by atoms with Gasteiger partial charge >= 0.3 is 0 Å². The van der Waals surface area contributed by atoms with Crippen molar-refractivity contribution in [3.05, 3.63) is 28.7 Å². The average Bonchev–Trinajstić information content (AvgIpc) is 2.94. The first-order valence-corrected chi connectivity index (χ1v) is 8.01. The van der Waals surface area contributed by atoms with E-state index in [1.165, 1.54) is 5.69 Å². The molecule has 1 fully saturated rings. The van der Waals surface area contributed by atoms with Gasteiger partial charge in [0, 0.05) is 35.8 Å². The number of hydrogen-bond donors (Lipinski definition) is 2. The Morgan fingerprint density at radius 3 is 2.90 bits per heavy atom. The molecule has 1 heterocycles. The lowest BCUT2D eigenvalue weighted by atomic mass is 10.3. The highest BCUT2D eigenvalue weighted by Gasteiger charge is 2.23. The molecule has 1 aromatic rings. The normalized spacial score (nSPS) is 18.4. The van der Waals surface area contributed by atoms with Crippen LogP contribution in [0.25, 0.3) is 0 Å². The van der Waals surface area contributed by atoms with Crippen LogP contribution in [0, 0.1) is 12.3 Å². The van der Waals surface area contributed by atoms with Gasteiger partial charge in [0.05, 0.1) is 0 Å². The van der Waals surface area contributed by atoms with Crippen molar-refractivity contribution in [2.45, 2.75) is 19.4 Å². The van der Waals surface area contributed by atoms with Crippen molar-refractivity contribution in [2.24, 2.45) is 4.99 Å². The summed E-state index contributed by atoms with van der Waals surface area (Å²) < 4.78 is 1.11. The molecular formula is C16H21BrN4. The smallest absolute Gasteiger partial charge is 0.192 e. The number of aliphatic imine (C=N–C) groups is 1. The Balaban J connectivity index is 1.92. The number of halogens is 1. The van der Waals surface area contributed by atoms with Crippen LogP contribution < -0.4 is 15.5 Å². The fourth-order valence-corrected chi connectivity index (χ4v) is 2.67. The molecule has 0 spiro atoms. The summed E-state index contributed by atoms with van der Waals surface area (Å²) in [6.07, 6.45) is 6.36. The third-order valence-electron chi connectivity index (χ3n) is 3.39. The molecule has 2 N–H and O–H groups in total. The van der Waals surface area contributed by atoms with Crippen molar-refractivity contribution in [2.75, 3.05) is 31.1 Å². The molecule has 1 aromatic carbocycles. The fourth-order valence-electron chi connectivity index (χ4n) is 2.40. The molecule has 0 saturated carbocycles. The standard InChI is InChI=1S/C16H21BrN4/c1-3-10-19-16(18-4-2)20-14-9-11-21(12-14)15-7-5-13(17)6-8-15/h1,5-8,14H,4,9-12H2,2H3,(H2,18,19,20). The monoisotopic (exact) mass is 348 g/mol. The first kappa shape index (κ1) is 15.7. The lowest BCUT2D eigenvalue weighted by Crippen LogP contribution is -2.44. The first-order valence-electron chi connectivity index (χ1n) is 7.21. The Morgan fingerprint density at radius 1 is 1.48 bits per heavy atom. The molecule has 1 saturated heterocycles. The number of terminal acetylenes is 1. The Labute approximate surface area is 135 Å². The molecule has 5 heteroatoms. The molecular weight excluding hydrogens is 328 g/mol. The summed E-state index contributed by atoms with van der Waals surface area (Å²) in [6.45, 7) is 5.31. The van der Waals surface area contributed by atoms with E-state index in [0.717, 1.165) is 36.5 Å². The molecule has 0 aliphatic carbocycles. The van der Waals surface area contributed by atoms with Crippen LogP contribution in [0.4, 0.5) is 5.69 Å². The average molecular weight is 349 g/mol. The highest BCUT2D eigenvalue weighted by molar-refractivity contribution is 9.10. The summed E-state index contributed by atoms with van der Waals surface area (Å²) >= 11 is 3.47. The van der Waals surface area contributed by atoms with Crippen molar-refractivity contribution in [1.82, 2.24) is 10.6 Å². The number of guanidine groups is 1. The lowest BCUT2D eigenvalue weighted by Gasteiger charge is -2.20. The number of benzene rings is 1. The van der Waals surface area contributed by atoms with Crippen LogP contribution in [-0.4, -0.2) is 38.2 Å². The lowest BCUT2D eigenvalue weighted by molar-refractivity contribution is 0.651. The van der Waals surface area contributed by atoms with Gasteiger partial charge in [-0.1, -0.05) is 21.9 Å². The van der Waals surface area contributed by atoms with E-state index in [1.54, 1.807) is 0 Å². The molecule has 0 aromatic heterocycles. The predicted octanol–water partition coefficient (Wildman–Crippen LogP) is 2.22. The maximum atomic E-state index is 5.27. The molecule has 4 nitrogen and oxygen atoms in total. The van der Waals surface area contributed by atoms with Gasteiger partial charge in [-0.05, 0) is 37.6 Å². The third-order valence-corrected chi connectivity index (χ3v) is 3.92. The van der Waals surface area contributed by atoms with Crippen molar-refractivity contribution in [3.8, 4) is 12.3 Å². The van der Waals surface area contributed by atoms with Crippen LogP contribution in [0.3, 0.4) is 0 Å². The highest BCUT2D eigenvalue weighted by Crippen LogP contribution is 2.22. The molecule has 1 aliphatic rings. The number of nitrogens with zero attached hydrogens (tertiary/aromatic N) is 2. The fraction of sp³-hybridized carbons (Fsp3) is 0.438. The van der Waals surface area contributed by atoms with Crippen LogP contribution >= 0.6 is 15.9 Å². The summed E-state index contributed by atoms with van der Waals surface area (Å²) in [7, 11) is 0. The van der Waals surface area contributed by atoms with Gasteiger partial charge in [0.15, 0.2) is 5.96 Å². The van der Waals surface area contributed by atoms with Crippen LogP contribution in [0.1, 0.15) is 13.3 Å². The first-order chi connectivity index (χ1) is 10.2. The molecule has 1 aliphatic heterocycles. The van der Waals surface area contributed by atoms with Gasteiger partial charge in [-0.2, -0.15) is 0 Å². The summed E-state index contributed by atoms with van der Waals surface area (Å²) in [5.41, 5.74) is 1.26. The number of hydrogen-bond acceptors (Lipinski definition) is 2. The Morgan fingerprint density at radius 2 is 2.24 bits per heavy atom. The van der Waals surface area contributed by atoms with Crippen LogP contribution in [-0.2, 0) is 0 Å². The number of rotatable bonds is 4. The number of nitrogens with one attached hydrogen (secondary N) is 2. The highest BCUT2D eigenvalue weighted by atomic mass is 79.9. The zero-order valence-corrected chi connectivity index (χ0v) is 13.9. The van der Waals surface area contributed by atoms with Crippen LogP contribution in [0.2, 0.25) is 0 Å². The molecule has 21 heavy (non-hydrogen) atoms. The summed E-state index contributed by atoms with van der Waals surface area (Å²) in [5, 5.41) is 6.68. The van der Waals surface area contributed by atoms with E-state index in [-0.39, 0.29) is 0 Å². The maximum absolute atomic E-state index is 5.27. The molecule has 2 rings (SSSR count). The van der Waals surface area contributed by atoms with Gasteiger partial charge < -0.3 is 15.5 Å². The van der Waals surface area contributed by atoms with Crippen LogP contribution in [0.15, 0.2) is 33.7 Å². The van der Waals surface area contributed by atoms with E-state index in [2.05, 4.69) is 73.6 Å². The second-order valence-corrected chi connectivity index (χ2v) is 5.87. The van der Waals surface area contributed by atoms with Crippen molar-refractivity contribution < 1.29 is 0 Å². The summed E-state index contributed by atoms with van der Waals surface area (Å²) in [6, 6.07) is 8.83. The molecule has 0 bridgehead atoms. The minimum absolute atomic E-state index is 0.393. The molecule has 112 valence electrons. The topological polar surface area (TPSA) is 39.7 Å². The Bertz CT molecular complexity index is 518. The molecule has 1 atom stereocenters. The van der Waals surface area contributed by atoms with E-state index in [9.17, 15) is 0 Å². The SMILES string of the molecule is C#CCN=C(NCC)NC1CCN(c2ccc(Br)cc2)C1. The second kappa shape index (κ2) is 7.94. The molecule has 0 radical (unpaired) electrons. The molecule has 0 amide bonds. The van der Waals surface area contributed by atoms with Crippen molar-refractivity contribution in [3.63, 3.8) is 0 Å². The Kier molecular flexibility index (Phi) is 5.94. The third kappa shape index (κ3) is 4.68. The zero-order valence-electron chi connectivity index (χ0n) is 12.3. The van der Waals surface area contributed by atoms with Gasteiger partial charge in [0.2, 0.25) is 0 Å². The van der Waals surface area contributed by atoms with Crippen molar-refractivity contribution >= 4 is 27.6 Å². The zero-order chi connectivity index (χ0) is 15.1. The minimum Gasteiger partial charge on any atom is -0.369 e. The van der Waals surface area contributed by atoms with Gasteiger partial charge in [0.1, 0.15) is 6.54 Å². The van der Waals surface area contributed by atoms with Crippen molar-refractivity contribution in [1.29, 1.82) is 0 Å². The minimum atomic E-state index is 0.393. The van der Waals surface area contributed by atoms with E-state index in [4.69, 9.17) is 6.42 Å². The summed E-state index contributed by atoms with van der Waals surface area (Å²) in [5.74, 6) is 3.34. The van der Waals surface area contributed by atoms with E-state index in [0.29, 0.717) is 12.6 Å². The largest absolute Gasteiger partial charge is 0.369 e. The Hall–Kier alpha value is -1.67. The number of anilines is 1. The molecule has 1 unspecified atom stereocenters. The summed E-state index contributed by atoms with van der Waals surface area (Å²) in [4.78, 5) is 6.72. The maximum Gasteiger partial charge on any atom is 0.192 e. The van der Waals surface area contributed by atoms with E-state index >= 15 is 0 Å². The van der Waals surface area contributed by atoms with E-state index in [1.807, 2.05) is 0 Å². The van der Waals surface area contributed by atoms with Gasteiger partial charge in [-0.25, -0.2) is 4.99 Å². The van der Waals surface area contributed by atoms with Crippen LogP contribution in [0.5, 0.6) is 0 Å². The quantitative estimate of drug-likeness (QED) is 0.498.